The predicted molar refractivity (Wildman–Crippen MR) is 113 cm³/mol. The van der Waals surface area contributed by atoms with E-state index < -0.39 is 11.7 Å². The molecule has 150 valence electrons. The number of carbonyl (C=O) groups is 2. The van der Waals surface area contributed by atoms with Crippen LogP contribution in [0.3, 0.4) is 0 Å². The summed E-state index contributed by atoms with van der Waals surface area (Å²) in [6.07, 6.45) is 3.64. The molecule has 0 aliphatic rings. The zero-order valence-corrected chi connectivity index (χ0v) is 16.9. The first-order chi connectivity index (χ1) is 13.8. The molecule has 1 amide bonds. The number of benzene rings is 2. The molecule has 0 radical (unpaired) electrons. The van der Waals surface area contributed by atoms with E-state index in [2.05, 4.69) is 10.3 Å². The fraction of sp³-hybridized carbons (Fsp3) is 0.261. The van der Waals surface area contributed by atoms with Crippen molar-refractivity contribution in [1.29, 1.82) is 0 Å². The van der Waals surface area contributed by atoms with Crippen LogP contribution >= 0.6 is 0 Å². The van der Waals surface area contributed by atoms with E-state index in [1.807, 2.05) is 69.3 Å². The molecule has 1 heterocycles. The summed E-state index contributed by atoms with van der Waals surface area (Å²) in [5.74, 6) is 0.333. The van der Waals surface area contributed by atoms with Gasteiger partial charge in [0, 0.05) is 30.2 Å². The Bertz CT molecular complexity index is 988. The Morgan fingerprint density at radius 1 is 1.03 bits per heavy atom. The number of aromatic nitrogens is 2. The van der Waals surface area contributed by atoms with Crippen molar-refractivity contribution in [3.05, 3.63) is 78.4 Å². The summed E-state index contributed by atoms with van der Waals surface area (Å²) >= 11 is 0. The summed E-state index contributed by atoms with van der Waals surface area (Å²) in [4.78, 5) is 29.1. The number of para-hydroxylation sites is 2. The van der Waals surface area contributed by atoms with Crippen molar-refractivity contribution in [1.82, 2.24) is 9.55 Å². The van der Waals surface area contributed by atoms with Crippen LogP contribution in [0.5, 0.6) is 0 Å². The lowest BCUT2D eigenvalue weighted by Crippen LogP contribution is -2.27. The smallest absolute Gasteiger partial charge is 0.412 e. The maximum absolute atomic E-state index is 12.8. The summed E-state index contributed by atoms with van der Waals surface area (Å²) in [5, 5.41) is 2.77. The molecule has 0 saturated heterocycles. The number of amides is 1. The SMILES string of the molecule is CC(C)(C)OC(=O)Nc1ccccc1CCC(=O)c1nccn1-c1ccccc1. The molecule has 0 fully saturated rings. The number of anilines is 1. The van der Waals surface area contributed by atoms with Gasteiger partial charge in [0.05, 0.1) is 0 Å². The predicted octanol–water partition coefficient (Wildman–Crippen LogP) is 5.03. The van der Waals surface area contributed by atoms with Crippen LogP contribution in [0, 0.1) is 0 Å². The number of hydrogen-bond donors (Lipinski definition) is 1. The number of nitrogens with zero attached hydrogens (tertiary/aromatic N) is 2. The molecular weight excluding hydrogens is 366 g/mol. The summed E-state index contributed by atoms with van der Waals surface area (Å²) in [6.45, 7) is 5.43. The maximum Gasteiger partial charge on any atom is 0.412 e. The van der Waals surface area contributed by atoms with Gasteiger partial charge in [-0.1, -0.05) is 36.4 Å². The maximum atomic E-state index is 12.8. The van der Waals surface area contributed by atoms with Gasteiger partial charge in [-0.05, 0) is 51.0 Å². The quantitative estimate of drug-likeness (QED) is 0.598. The monoisotopic (exact) mass is 391 g/mol. The lowest BCUT2D eigenvalue weighted by atomic mass is 10.1. The van der Waals surface area contributed by atoms with Gasteiger partial charge in [-0.25, -0.2) is 9.78 Å². The third-order valence-corrected chi connectivity index (χ3v) is 4.20. The van der Waals surface area contributed by atoms with Gasteiger partial charge in [-0.3, -0.25) is 14.7 Å². The van der Waals surface area contributed by atoms with Crippen molar-refractivity contribution in [2.45, 2.75) is 39.2 Å². The van der Waals surface area contributed by atoms with E-state index >= 15 is 0 Å². The van der Waals surface area contributed by atoms with E-state index in [0.717, 1.165) is 11.3 Å². The molecule has 6 heteroatoms. The number of aryl methyl sites for hydroxylation is 1. The lowest BCUT2D eigenvalue weighted by Gasteiger charge is -2.20. The number of imidazole rings is 1. The van der Waals surface area contributed by atoms with Crippen LogP contribution in [0.15, 0.2) is 67.0 Å². The summed E-state index contributed by atoms with van der Waals surface area (Å²) < 4.78 is 7.10. The molecule has 0 bridgehead atoms. The second-order valence-electron chi connectivity index (χ2n) is 7.66. The van der Waals surface area contributed by atoms with Crippen molar-refractivity contribution >= 4 is 17.6 Å². The van der Waals surface area contributed by atoms with E-state index in [-0.39, 0.29) is 12.2 Å². The average molecular weight is 391 g/mol. The third-order valence-electron chi connectivity index (χ3n) is 4.20. The number of nitrogens with one attached hydrogen (secondary N) is 1. The van der Waals surface area contributed by atoms with Crippen molar-refractivity contribution in [3.63, 3.8) is 0 Å². The Morgan fingerprint density at radius 2 is 1.72 bits per heavy atom. The van der Waals surface area contributed by atoms with Gasteiger partial charge in [0.1, 0.15) is 5.60 Å². The van der Waals surface area contributed by atoms with Crippen molar-refractivity contribution in [2.75, 3.05) is 5.32 Å². The van der Waals surface area contributed by atoms with Crippen molar-refractivity contribution in [3.8, 4) is 5.69 Å². The van der Waals surface area contributed by atoms with Crippen LogP contribution in [0.4, 0.5) is 10.5 Å². The molecular formula is C23H25N3O3. The Balaban J connectivity index is 1.69. The first-order valence-corrected chi connectivity index (χ1v) is 9.53. The van der Waals surface area contributed by atoms with E-state index in [0.29, 0.717) is 17.9 Å². The van der Waals surface area contributed by atoms with Crippen molar-refractivity contribution < 1.29 is 14.3 Å². The first-order valence-electron chi connectivity index (χ1n) is 9.53. The summed E-state index contributed by atoms with van der Waals surface area (Å²) in [5.41, 5.74) is 1.81. The fourth-order valence-corrected chi connectivity index (χ4v) is 2.94. The van der Waals surface area contributed by atoms with E-state index in [1.54, 1.807) is 23.0 Å². The van der Waals surface area contributed by atoms with Crippen LogP contribution in [0.1, 0.15) is 43.4 Å². The number of hydrogen-bond acceptors (Lipinski definition) is 4. The molecule has 29 heavy (non-hydrogen) atoms. The van der Waals surface area contributed by atoms with Gasteiger partial charge in [-0.2, -0.15) is 0 Å². The van der Waals surface area contributed by atoms with Crippen LogP contribution < -0.4 is 5.32 Å². The Kier molecular flexibility index (Phi) is 6.12. The molecule has 0 spiro atoms. The van der Waals surface area contributed by atoms with E-state index in [9.17, 15) is 9.59 Å². The highest BCUT2D eigenvalue weighted by Gasteiger charge is 2.18. The molecule has 0 aliphatic heterocycles. The van der Waals surface area contributed by atoms with Gasteiger partial charge < -0.3 is 4.74 Å². The van der Waals surface area contributed by atoms with Crippen molar-refractivity contribution in [2.24, 2.45) is 0 Å². The van der Waals surface area contributed by atoms with Crippen LogP contribution in [0.2, 0.25) is 0 Å². The summed E-state index contributed by atoms with van der Waals surface area (Å²) in [6, 6.07) is 17.0. The molecule has 2 aromatic carbocycles. The minimum Gasteiger partial charge on any atom is -0.444 e. The number of rotatable bonds is 6. The second kappa shape index (κ2) is 8.73. The first kappa shape index (κ1) is 20.3. The normalized spacial score (nSPS) is 11.1. The zero-order valence-electron chi connectivity index (χ0n) is 16.9. The number of carbonyl (C=O) groups excluding carboxylic acids is 2. The lowest BCUT2D eigenvalue weighted by molar-refractivity contribution is 0.0635. The van der Waals surface area contributed by atoms with Gasteiger partial charge in [-0.15, -0.1) is 0 Å². The van der Waals surface area contributed by atoms with Gasteiger partial charge >= 0.3 is 6.09 Å². The molecule has 0 unspecified atom stereocenters. The molecule has 1 aromatic heterocycles. The Hall–Kier alpha value is -3.41. The summed E-state index contributed by atoms with van der Waals surface area (Å²) in [7, 11) is 0. The zero-order chi connectivity index (χ0) is 20.9. The number of ether oxygens (including phenoxy) is 1. The molecule has 1 N–H and O–H groups in total. The highest BCUT2D eigenvalue weighted by Crippen LogP contribution is 2.20. The molecule has 3 aromatic rings. The Labute approximate surface area is 170 Å². The second-order valence-corrected chi connectivity index (χ2v) is 7.66. The minimum absolute atomic E-state index is 0.0640. The third kappa shape index (κ3) is 5.54. The molecule has 0 saturated carbocycles. The van der Waals surface area contributed by atoms with Crippen LogP contribution in [-0.4, -0.2) is 27.0 Å². The molecule has 0 atom stereocenters. The highest BCUT2D eigenvalue weighted by molar-refractivity contribution is 5.93. The standard InChI is InChI=1S/C23H25N3O3/c1-23(2,3)29-22(28)25-19-12-8-7-9-17(19)13-14-20(27)21-24-15-16-26(21)18-10-5-4-6-11-18/h4-12,15-16H,13-14H2,1-3H3,(H,25,28). The molecule has 0 aliphatic carbocycles. The molecule has 6 nitrogen and oxygen atoms in total. The van der Waals surface area contributed by atoms with Crippen LogP contribution in [-0.2, 0) is 11.2 Å². The van der Waals surface area contributed by atoms with Gasteiger partial charge in [0.2, 0.25) is 0 Å². The molecule has 3 rings (SSSR count). The number of ketones is 1. The number of Topliss-reactive ketones (excluding diaryl/α,β-unsaturated/α-hetero) is 1. The van der Waals surface area contributed by atoms with Crippen LogP contribution in [0.25, 0.3) is 5.69 Å². The average Bonchev–Trinajstić information content (AvgIpc) is 3.16. The minimum atomic E-state index is -0.580. The Morgan fingerprint density at radius 3 is 2.45 bits per heavy atom. The highest BCUT2D eigenvalue weighted by atomic mass is 16.6. The topological polar surface area (TPSA) is 73.2 Å². The fourth-order valence-electron chi connectivity index (χ4n) is 2.94. The largest absolute Gasteiger partial charge is 0.444 e. The van der Waals surface area contributed by atoms with Gasteiger partial charge in [0.25, 0.3) is 0 Å². The van der Waals surface area contributed by atoms with Gasteiger partial charge in [0.15, 0.2) is 11.6 Å². The van der Waals surface area contributed by atoms with E-state index in [1.165, 1.54) is 0 Å². The van der Waals surface area contributed by atoms with E-state index in [4.69, 9.17) is 4.74 Å².